The van der Waals surface area contributed by atoms with E-state index < -0.39 is 34.5 Å². The van der Waals surface area contributed by atoms with Gasteiger partial charge in [0.25, 0.3) is 6.43 Å². The lowest BCUT2D eigenvalue weighted by Gasteiger charge is -2.05. The second kappa shape index (κ2) is 3.75. The van der Waals surface area contributed by atoms with Gasteiger partial charge in [-0.2, -0.15) is 0 Å². The Labute approximate surface area is 82.3 Å². The molecule has 0 aliphatic heterocycles. The molecule has 3 N–H and O–H groups in total. The van der Waals surface area contributed by atoms with Crippen LogP contribution in [0.3, 0.4) is 0 Å². The lowest BCUT2D eigenvalue weighted by atomic mass is 10.2. The molecule has 0 aromatic carbocycles. The highest BCUT2D eigenvalue weighted by atomic mass is 35.5. The molecule has 0 radical (unpaired) electrons. The summed E-state index contributed by atoms with van der Waals surface area (Å²) in [7, 11) is 0. The topological polar surface area (TPSA) is 76.2 Å². The van der Waals surface area contributed by atoms with Gasteiger partial charge in [0.05, 0.1) is 11.1 Å². The highest BCUT2D eigenvalue weighted by molar-refractivity contribution is 6.32. The van der Waals surface area contributed by atoms with E-state index >= 15 is 0 Å². The third-order valence-electron chi connectivity index (χ3n) is 1.50. The molecule has 14 heavy (non-hydrogen) atoms. The number of aromatic carboxylic acids is 1. The number of aromatic nitrogens is 1. The molecule has 0 unspecified atom stereocenters. The number of nitrogens with two attached hydrogens (primary N) is 1. The fourth-order valence-electron chi connectivity index (χ4n) is 0.844. The lowest BCUT2D eigenvalue weighted by Crippen LogP contribution is -2.05. The lowest BCUT2D eigenvalue weighted by molar-refractivity contribution is 0.0696. The average molecular weight is 223 g/mol. The summed E-state index contributed by atoms with van der Waals surface area (Å²) in [6, 6.07) is 0.720. The first-order chi connectivity index (χ1) is 6.43. The summed E-state index contributed by atoms with van der Waals surface area (Å²) in [5.74, 6) is -1.89. The van der Waals surface area contributed by atoms with Crippen LogP contribution < -0.4 is 5.73 Å². The number of halogens is 3. The molecule has 1 heterocycles. The van der Waals surface area contributed by atoms with E-state index in [0.717, 1.165) is 6.07 Å². The molecule has 4 nitrogen and oxygen atoms in total. The second-order valence-corrected chi connectivity index (χ2v) is 2.77. The maximum Gasteiger partial charge on any atom is 0.338 e. The molecule has 0 aliphatic rings. The summed E-state index contributed by atoms with van der Waals surface area (Å²) < 4.78 is 24.5. The summed E-state index contributed by atoms with van der Waals surface area (Å²) in [5, 5.41) is 8.15. The third kappa shape index (κ3) is 1.90. The van der Waals surface area contributed by atoms with E-state index in [1.165, 1.54) is 0 Å². The molecule has 0 aliphatic carbocycles. The van der Waals surface area contributed by atoms with E-state index in [9.17, 15) is 13.6 Å². The van der Waals surface area contributed by atoms with Gasteiger partial charge in [0.1, 0.15) is 11.0 Å². The highest BCUT2D eigenvalue weighted by Crippen LogP contribution is 2.27. The van der Waals surface area contributed by atoms with Crippen molar-refractivity contribution in [2.75, 3.05) is 5.73 Å². The maximum atomic E-state index is 12.2. The largest absolute Gasteiger partial charge is 0.478 e. The molecular formula is C7H5ClF2N2O2. The predicted octanol–water partition coefficient (Wildman–Crippen LogP) is 1.95. The van der Waals surface area contributed by atoms with Crippen molar-refractivity contribution >= 4 is 23.4 Å². The molecule has 0 bridgehead atoms. The van der Waals surface area contributed by atoms with Gasteiger partial charge in [-0.25, -0.2) is 18.6 Å². The third-order valence-corrected chi connectivity index (χ3v) is 1.79. The first kappa shape index (κ1) is 10.6. The van der Waals surface area contributed by atoms with Crippen LogP contribution >= 0.6 is 11.6 Å². The number of carbonyl (C=O) groups is 1. The number of anilines is 1. The van der Waals surface area contributed by atoms with Gasteiger partial charge in [0.15, 0.2) is 0 Å². The minimum Gasteiger partial charge on any atom is -0.478 e. The van der Waals surface area contributed by atoms with Crippen LogP contribution in [0.25, 0.3) is 0 Å². The molecule has 0 atom stereocenters. The number of pyridine rings is 1. The summed E-state index contributed by atoms with van der Waals surface area (Å²) in [6.07, 6.45) is -2.88. The van der Waals surface area contributed by atoms with Gasteiger partial charge < -0.3 is 10.8 Å². The first-order valence-corrected chi connectivity index (χ1v) is 3.78. The van der Waals surface area contributed by atoms with Crippen LogP contribution in [0.2, 0.25) is 5.15 Å². The average Bonchev–Trinajstić information content (AvgIpc) is 2.02. The SMILES string of the molecule is Nc1nc(Cl)c(C(=O)O)cc1C(F)F. The Bertz CT molecular complexity index is 384. The molecule has 1 aromatic rings. The molecule has 0 amide bonds. The number of nitrogens with zero attached hydrogens (tertiary/aromatic N) is 1. The van der Waals surface area contributed by atoms with Gasteiger partial charge in [-0.15, -0.1) is 0 Å². The smallest absolute Gasteiger partial charge is 0.338 e. The normalized spacial score (nSPS) is 10.6. The van der Waals surface area contributed by atoms with Crippen LogP contribution in [-0.2, 0) is 0 Å². The van der Waals surface area contributed by atoms with E-state index in [4.69, 9.17) is 22.4 Å². The van der Waals surface area contributed by atoms with Gasteiger partial charge in [0.2, 0.25) is 0 Å². The Balaban J connectivity index is 3.34. The van der Waals surface area contributed by atoms with Gasteiger partial charge in [-0.05, 0) is 6.07 Å². The minimum atomic E-state index is -2.88. The van der Waals surface area contributed by atoms with Crippen LogP contribution in [0.15, 0.2) is 6.07 Å². The van der Waals surface area contributed by atoms with Crippen molar-refractivity contribution in [3.05, 3.63) is 22.3 Å². The molecule has 0 spiro atoms. The van der Waals surface area contributed by atoms with Crippen LogP contribution in [0.5, 0.6) is 0 Å². The Morgan fingerprint density at radius 1 is 1.64 bits per heavy atom. The summed E-state index contributed by atoms with van der Waals surface area (Å²) in [5.41, 5.74) is 4.00. The van der Waals surface area contributed by atoms with Crippen LogP contribution in [0.1, 0.15) is 22.3 Å². The van der Waals surface area contributed by atoms with Gasteiger partial charge >= 0.3 is 5.97 Å². The minimum absolute atomic E-state index is 0.403. The number of carboxylic acid groups (broad SMARTS) is 1. The molecule has 0 saturated carbocycles. The van der Waals surface area contributed by atoms with Crippen molar-refractivity contribution in [3.63, 3.8) is 0 Å². The van der Waals surface area contributed by atoms with Crippen molar-refractivity contribution < 1.29 is 18.7 Å². The number of carboxylic acids is 1. The molecular weight excluding hydrogens is 218 g/mol. The van der Waals surface area contributed by atoms with Crippen LogP contribution in [0, 0.1) is 0 Å². The second-order valence-electron chi connectivity index (χ2n) is 2.41. The van der Waals surface area contributed by atoms with E-state index in [1.807, 2.05) is 0 Å². The number of hydrogen-bond donors (Lipinski definition) is 2. The van der Waals surface area contributed by atoms with Gasteiger partial charge in [-0.3, -0.25) is 0 Å². The highest BCUT2D eigenvalue weighted by Gasteiger charge is 2.19. The monoisotopic (exact) mass is 222 g/mol. The zero-order valence-corrected chi connectivity index (χ0v) is 7.42. The Kier molecular flexibility index (Phi) is 2.85. The van der Waals surface area contributed by atoms with Crippen molar-refractivity contribution in [2.45, 2.75) is 6.43 Å². The number of hydrogen-bond acceptors (Lipinski definition) is 3. The Hall–Kier alpha value is -1.43. The van der Waals surface area contributed by atoms with Crippen molar-refractivity contribution in [3.8, 4) is 0 Å². The summed E-state index contributed by atoms with van der Waals surface area (Å²) >= 11 is 5.38. The first-order valence-electron chi connectivity index (χ1n) is 3.41. The number of alkyl halides is 2. The number of nitrogen functional groups attached to an aromatic ring is 1. The van der Waals surface area contributed by atoms with Gasteiger partial charge in [-0.1, -0.05) is 11.6 Å². The zero-order chi connectivity index (χ0) is 10.9. The summed E-state index contributed by atoms with van der Waals surface area (Å²) in [6.45, 7) is 0. The van der Waals surface area contributed by atoms with Gasteiger partial charge in [0, 0.05) is 0 Å². The van der Waals surface area contributed by atoms with Crippen molar-refractivity contribution in [1.29, 1.82) is 0 Å². The zero-order valence-electron chi connectivity index (χ0n) is 6.67. The van der Waals surface area contributed by atoms with Crippen LogP contribution in [0.4, 0.5) is 14.6 Å². The molecule has 0 fully saturated rings. The van der Waals surface area contributed by atoms with Crippen molar-refractivity contribution in [2.24, 2.45) is 0 Å². The molecule has 0 saturated heterocycles. The molecule has 1 rings (SSSR count). The maximum absolute atomic E-state index is 12.2. The van der Waals surface area contributed by atoms with E-state index in [-0.39, 0.29) is 0 Å². The standard InChI is InChI=1S/C7H5ClF2N2O2/c8-4-2(7(13)14)1-3(5(9)10)6(11)12-4/h1,5H,(H2,11,12)(H,13,14). The predicted molar refractivity (Wildman–Crippen MR) is 45.6 cm³/mol. The van der Waals surface area contributed by atoms with E-state index in [0.29, 0.717) is 0 Å². The molecule has 7 heteroatoms. The molecule has 1 aromatic heterocycles. The number of rotatable bonds is 2. The Morgan fingerprint density at radius 2 is 2.21 bits per heavy atom. The fourth-order valence-corrected chi connectivity index (χ4v) is 1.07. The van der Waals surface area contributed by atoms with Crippen LogP contribution in [-0.4, -0.2) is 16.1 Å². The van der Waals surface area contributed by atoms with E-state index in [1.54, 1.807) is 0 Å². The fraction of sp³-hybridized carbons (Fsp3) is 0.143. The summed E-state index contributed by atoms with van der Waals surface area (Å²) in [4.78, 5) is 13.8. The van der Waals surface area contributed by atoms with E-state index in [2.05, 4.69) is 4.98 Å². The van der Waals surface area contributed by atoms with Crippen molar-refractivity contribution in [1.82, 2.24) is 4.98 Å². The Morgan fingerprint density at radius 3 is 2.64 bits per heavy atom. The molecule has 76 valence electrons. The quantitative estimate of drug-likeness (QED) is 0.750.